The van der Waals surface area contributed by atoms with Gasteiger partial charge in [-0.05, 0) is 47.2 Å². The number of nitrogens with one attached hydrogen (secondary N) is 2. The van der Waals surface area contributed by atoms with Crippen molar-refractivity contribution in [3.63, 3.8) is 0 Å². The molecule has 0 radical (unpaired) electrons. The Labute approximate surface area is 199 Å². The number of aromatic nitrogens is 5. The third-order valence-electron chi connectivity index (χ3n) is 5.56. The molecule has 0 saturated heterocycles. The van der Waals surface area contributed by atoms with Crippen molar-refractivity contribution in [3.8, 4) is 11.3 Å². The van der Waals surface area contributed by atoms with Gasteiger partial charge in [0, 0.05) is 37.7 Å². The van der Waals surface area contributed by atoms with Crippen LogP contribution < -0.4 is 10.6 Å². The van der Waals surface area contributed by atoms with Gasteiger partial charge in [0.1, 0.15) is 5.69 Å². The Morgan fingerprint density at radius 2 is 1.88 bits per heavy atom. The second kappa shape index (κ2) is 9.43. The zero-order valence-corrected chi connectivity index (χ0v) is 20.1. The molecule has 3 aromatic heterocycles. The number of nitrogens with zero attached hydrogens (tertiary/aromatic N) is 5. The number of amides is 1. The van der Waals surface area contributed by atoms with Crippen molar-refractivity contribution in [1.82, 2.24) is 30.0 Å². The fraction of sp³-hybridized carbons (Fsp3) is 0.269. The quantitative estimate of drug-likeness (QED) is 0.443. The van der Waals surface area contributed by atoms with Gasteiger partial charge in [0.2, 0.25) is 5.95 Å². The van der Waals surface area contributed by atoms with Crippen molar-refractivity contribution >= 4 is 17.5 Å². The smallest absolute Gasteiger partial charge is 0.270 e. The van der Waals surface area contributed by atoms with Crippen LogP contribution in [-0.4, -0.2) is 30.6 Å². The first-order chi connectivity index (χ1) is 16.2. The molecule has 0 aliphatic heterocycles. The molecule has 0 aliphatic carbocycles. The molecule has 34 heavy (non-hydrogen) atoms. The second-order valence-corrected chi connectivity index (χ2v) is 9.30. The lowest BCUT2D eigenvalue weighted by atomic mass is 9.88. The third-order valence-corrected chi connectivity index (χ3v) is 5.56. The molecule has 0 atom stereocenters. The molecule has 4 aromatic rings. The Kier molecular flexibility index (Phi) is 6.40. The number of pyridine rings is 1. The predicted octanol–water partition coefficient (Wildman–Crippen LogP) is 4.55. The van der Waals surface area contributed by atoms with Crippen molar-refractivity contribution < 1.29 is 4.79 Å². The van der Waals surface area contributed by atoms with Gasteiger partial charge in [-0.25, -0.2) is 9.97 Å². The molecule has 3 heterocycles. The summed E-state index contributed by atoms with van der Waals surface area (Å²) in [5.74, 6) is 0.315. The van der Waals surface area contributed by atoms with Crippen molar-refractivity contribution in [2.24, 2.45) is 7.05 Å². The second-order valence-electron chi connectivity index (χ2n) is 9.30. The summed E-state index contributed by atoms with van der Waals surface area (Å²) in [6.45, 7) is 8.81. The summed E-state index contributed by atoms with van der Waals surface area (Å²) < 4.78 is 1.71. The first kappa shape index (κ1) is 23.1. The molecule has 4 rings (SSSR count). The normalized spacial score (nSPS) is 11.3. The molecule has 0 spiro atoms. The summed E-state index contributed by atoms with van der Waals surface area (Å²) in [6.07, 6.45) is 7.08. The van der Waals surface area contributed by atoms with E-state index in [0.29, 0.717) is 18.2 Å². The minimum atomic E-state index is -0.189. The van der Waals surface area contributed by atoms with Crippen LogP contribution in [0.25, 0.3) is 11.3 Å². The Balaban J connectivity index is 1.42. The summed E-state index contributed by atoms with van der Waals surface area (Å²) in [7, 11) is 1.86. The lowest BCUT2D eigenvalue weighted by molar-refractivity contribution is 0.0946. The maximum Gasteiger partial charge on any atom is 0.270 e. The minimum absolute atomic E-state index is 0.000117. The molecular formula is C26H29N7O. The van der Waals surface area contributed by atoms with Gasteiger partial charge >= 0.3 is 0 Å². The standard InChI is InChI=1S/C26H29N7O/c1-17-12-18(22-10-11-27-25(32-22)31-21-15-30-33(5)16-21)6-7-19(17)13-29-24(34)23-9-8-20(14-28-23)26(2,3)4/h6-12,14-16H,13H2,1-5H3,(H,29,34)(H,27,31,32). The topological polar surface area (TPSA) is 97.6 Å². The van der Waals surface area contributed by atoms with Crippen LogP contribution in [0.3, 0.4) is 0 Å². The summed E-state index contributed by atoms with van der Waals surface area (Å²) in [4.78, 5) is 25.8. The zero-order chi connectivity index (χ0) is 24.3. The first-order valence-electron chi connectivity index (χ1n) is 11.1. The van der Waals surface area contributed by atoms with Crippen molar-refractivity contribution in [2.45, 2.75) is 39.7 Å². The fourth-order valence-electron chi connectivity index (χ4n) is 3.49. The number of hydrogen-bond donors (Lipinski definition) is 2. The Bertz CT molecular complexity index is 1300. The van der Waals surface area contributed by atoms with Crippen LogP contribution >= 0.6 is 0 Å². The SMILES string of the molecule is Cc1cc(-c2ccnc(Nc3cnn(C)c3)n2)ccc1CNC(=O)c1ccc(C(C)(C)C)cn1. The van der Waals surface area contributed by atoms with E-state index in [1.807, 2.05) is 44.4 Å². The van der Waals surface area contributed by atoms with Crippen LogP contribution in [0.4, 0.5) is 11.6 Å². The van der Waals surface area contributed by atoms with Gasteiger partial charge in [-0.15, -0.1) is 0 Å². The highest BCUT2D eigenvalue weighted by atomic mass is 16.1. The third kappa shape index (κ3) is 5.46. The van der Waals surface area contributed by atoms with Crippen LogP contribution in [-0.2, 0) is 19.0 Å². The van der Waals surface area contributed by atoms with Crippen LogP contribution in [0.5, 0.6) is 0 Å². The molecule has 8 heteroatoms. The first-order valence-corrected chi connectivity index (χ1v) is 11.1. The van der Waals surface area contributed by atoms with E-state index in [1.54, 1.807) is 29.3 Å². The lowest BCUT2D eigenvalue weighted by Crippen LogP contribution is -2.24. The molecule has 0 unspecified atom stereocenters. The van der Waals surface area contributed by atoms with E-state index in [2.05, 4.69) is 57.5 Å². The lowest BCUT2D eigenvalue weighted by Gasteiger charge is -2.18. The average molecular weight is 456 g/mol. The van der Waals surface area contributed by atoms with E-state index in [0.717, 1.165) is 33.6 Å². The fourth-order valence-corrected chi connectivity index (χ4v) is 3.49. The minimum Gasteiger partial charge on any atom is -0.347 e. The summed E-state index contributed by atoms with van der Waals surface area (Å²) >= 11 is 0. The molecule has 8 nitrogen and oxygen atoms in total. The van der Waals surface area contributed by atoms with Gasteiger partial charge in [0.15, 0.2) is 0 Å². The van der Waals surface area contributed by atoms with Crippen molar-refractivity contribution in [2.75, 3.05) is 5.32 Å². The van der Waals surface area contributed by atoms with E-state index >= 15 is 0 Å². The average Bonchev–Trinajstić information content (AvgIpc) is 3.22. The van der Waals surface area contributed by atoms with Crippen LogP contribution in [0.2, 0.25) is 0 Å². The largest absolute Gasteiger partial charge is 0.347 e. The molecule has 0 fully saturated rings. The maximum absolute atomic E-state index is 12.6. The van der Waals surface area contributed by atoms with E-state index < -0.39 is 0 Å². The predicted molar refractivity (Wildman–Crippen MR) is 133 cm³/mol. The maximum atomic E-state index is 12.6. The molecule has 0 saturated carbocycles. The number of aryl methyl sites for hydroxylation is 2. The van der Waals surface area contributed by atoms with Gasteiger partial charge in [0.05, 0.1) is 17.6 Å². The summed E-state index contributed by atoms with van der Waals surface area (Å²) in [5.41, 5.74) is 6.22. The Morgan fingerprint density at radius 3 is 2.53 bits per heavy atom. The Hall–Kier alpha value is -4.07. The van der Waals surface area contributed by atoms with Gasteiger partial charge in [-0.3, -0.25) is 14.5 Å². The van der Waals surface area contributed by atoms with Crippen molar-refractivity contribution in [1.29, 1.82) is 0 Å². The summed E-state index contributed by atoms with van der Waals surface area (Å²) in [5, 5.41) is 10.3. The molecule has 0 bridgehead atoms. The zero-order valence-electron chi connectivity index (χ0n) is 20.1. The van der Waals surface area contributed by atoms with Crippen LogP contribution in [0.15, 0.2) is 61.2 Å². The number of benzene rings is 1. The van der Waals surface area contributed by atoms with E-state index in [4.69, 9.17) is 0 Å². The molecule has 174 valence electrons. The molecule has 2 N–H and O–H groups in total. The molecular weight excluding hydrogens is 426 g/mol. The molecule has 0 aliphatic rings. The van der Waals surface area contributed by atoms with E-state index in [9.17, 15) is 4.79 Å². The van der Waals surface area contributed by atoms with Gasteiger partial charge in [-0.2, -0.15) is 5.10 Å². The monoisotopic (exact) mass is 455 g/mol. The van der Waals surface area contributed by atoms with Gasteiger partial charge in [-0.1, -0.05) is 39.0 Å². The summed E-state index contributed by atoms with van der Waals surface area (Å²) in [6, 6.07) is 11.7. The van der Waals surface area contributed by atoms with Crippen LogP contribution in [0.1, 0.15) is 48.0 Å². The molecule has 1 amide bonds. The number of rotatable bonds is 6. The highest BCUT2D eigenvalue weighted by molar-refractivity contribution is 5.92. The number of carbonyl (C=O) groups excluding carboxylic acids is 1. The van der Waals surface area contributed by atoms with E-state index in [1.165, 1.54) is 0 Å². The van der Waals surface area contributed by atoms with Crippen molar-refractivity contribution in [3.05, 3.63) is 83.6 Å². The number of anilines is 2. The highest BCUT2D eigenvalue weighted by Crippen LogP contribution is 2.23. The Morgan fingerprint density at radius 1 is 1.06 bits per heavy atom. The van der Waals surface area contributed by atoms with Gasteiger partial charge < -0.3 is 10.6 Å². The highest BCUT2D eigenvalue weighted by Gasteiger charge is 2.15. The van der Waals surface area contributed by atoms with Crippen LogP contribution in [0, 0.1) is 6.92 Å². The molecule has 1 aromatic carbocycles. The van der Waals surface area contributed by atoms with E-state index in [-0.39, 0.29) is 11.3 Å². The number of carbonyl (C=O) groups is 1. The van der Waals surface area contributed by atoms with Gasteiger partial charge in [0.25, 0.3) is 5.91 Å². The number of hydrogen-bond acceptors (Lipinski definition) is 6.